The van der Waals surface area contributed by atoms with E-state index in [0.717, 1.165) is 43.3 Å². The number of imide groups is 1. The van der Waals surface area contributed by atoms with Gasteiger partial charge in [0.15, 0.2) is 6.61 Å². The predicted molar refractivity (Wildman–Crippen MR) is 193 cm³/mol. The van der Waals surface area contributed by atoms with E-state index in [0.29, 0.717) is 22.7 Å². The first-order valence-corrected chi connectivity index (χ1v) is 18.9. The second kappa shape index (κ2) is 12.8. The highest BCUT2D eigenvalue weighted by atomic mass is 79.9. The van der Waals surface area contributed by atoms with Crippen LogP contribution in [0.2, 0.25) is 0 Å². The zero-order valence-electron chi connectivity index (χ0n) is 27.0. The average molecular weight is 775 g/mol. The van der Waals surface area contributed by atoms with Gasteiger partial charge in [-0.25, -0.2) is 4.79 Å². The molecule has 2 bridgehead atoms. The van der Waals surface area contributed by atoms with Crippen molar-refractivity contribution in [3.8, 4) is 5.75 Å². The molecule has 4 unspecified atom stereocenters. The van der Waals surface area contributed by atoms with Gasteiger partial charge < -0.3 is 19.8 Å². The van der Waals surface area contributed by atoms with E-state index in [1.807, 2.05) is 49.4 Å². The molecule has 2 saturated carbocycles. The van der Waals surface area contributed by atoms with Crippen molar-refractivity contribution in [3.63, 3.8) is 0 Å². The maximum Gasteiger partial charge on any atom is 0.338 e. The number of thiazole rings is 1. The average Bonchev–Trinajstić information content (AvgIpc) is 3.84. The van der Waals surface area contributed by atoms with E-state index in [1.54, 1.807) is 43.0 Å². The number of rotatable bonds is 8. The summed E-state index contributed by atoms with van der Waals surface area (Å²) in [5, 5.41) is 3.63. The summed E-state index contributed by atoms with van der Waals surface area (Å²) in [5.41, 5.74) is 3.36. The molecule has 1 saturated heterocycles. The molecule has 2 aliphatic heterocycles. The van der Waals surface area contributed by atoms with Crippen LogP contribution in [0.15, 0.2) is 81.0 Å². The number of halogens is 1. The summed E-state index contributed by atoms with van der Waals surface area (Å²) in [5.74, 6) is -2.23. The lowest BCUT2D eigenvalue weighted by Gasteiger charge is -2.43. The number of hydrogen-bond donors (Lipinski definition) is 2. The Morgan fingerprint density at radius 2 is 1.70 bits per heavy atom. The van der Waals surface area contributed by atoms with Crippen LogP contribution in [0.25, 0.3) is 0 Å². The SMILES string of the molecule is CCOC(=O)c1ccc(N2C(=O)C3C(C2=O)[C@@H]2C[C@H]3C3Sc4[nH]c(=O)sc4[C@H](c4cc(Br)ccc4OCC(=O)Nc4ccc(C)cc4)C32)cc1. The third-order valence-electron chi connectivity index (χ3n) is 10.4. The molecular weight excluding hydrogens is 742 g/mol. The maximum absolute atomic E-state index is 14.2. The number of amides is 3. The first kappa shape index (κ1) is 33.0. The molecule has 0 radical (unpaired) electrons. The fourth-order valence-electron chi connectivity index (χ4n) is 8.45. The van der Waals surface area contributed by atoms with Gasteiger partial charge in [-0.15, -0.1) is 11.8 Å². The number of aromatic amines is 1. The number of anilines is 2. The summed E-state index contributed by atoms with van der Waals surface area (Å²) in [6.45, 7) is 3.73. The van der Waals surface area contributed by atoms with Crippen LogP contribution in [-0.2, 0) is 19.1 Å². The molecule has 0 spiro atoms. The van der Waals surface area contributed by atoms with Crippen molar-refractivity contribution >= 4 is 74.1 Å². The highest BCUT2D eigenvalue weighted by Crippen LogP contribution is 2.69. The number of hydrogen-bond acceptors (Lipinski definition) is 9. The number of ether oxygens (including phenoxy) is 2. The summed E-state index contributed by atoms with van der Waals surface area (Å²) < 4.78 is 12.1. The van der Waals surface area contributed by atoms with Crippen molar-refractivity contribution in [1.29, 1.82) is 0 Å². The quantitative estimate of drug-likeness (QED) is 0.156. The van der Waals surface area contributed by atoms with Crippen molar-refractivity contribution in [2.24, 2.45) is 29.6 Å². The monoisotopic (exact) mass is 773 g/mol. The highest BCUT2D eigenvalue weighted by Gasteiger charge is 2.70. The Hall–Kier alpha value is -4.20. The van der Waals surface area contributed by atoms with Gasteiger partial charge >= 0.3 is 10.8 Å². The molecule has 8 rings (SSSR count). The number of nitrogens with one attached hydrogen (secondary N) is 2. The Kier molecular flexibility index (Phi) is 8.47. The van der Waals surface area contributed by atoms with Crippen molar-refractivity contribution in [2.45, 2.75) is 36.5 Å². The predicted octanol–water partition coefficient (Wildman–Crippen LogP) is 6.38. The molecular formula is C37H32BrN3O7S2. The van der Waals surface area contributed by atoms with Crippen LogP contribution in [0.4, 0.5) is 11.4 Å². The molecule has 4 aromatic rings. The Balaban J connectivity index is 1.11. The minimum atomic E-state index is -0.504. The van der Waals surface area contributed by atoms with Gasteiger partial charge in [0, 0.05) is 31.8 Å². The maximum atomic E-state index is 14.2. The standard InChI is InChI=1S/C37H32BrN3O7S2/c1-3-47-36(45)18-6-11-21(12-7-18)41-34(43)29-23-15-24(30(29)35(41)44)31-28(23)27(32-33(49-31)40-37(46)50-32)22-14-19(38)8-13-25(22)48-16-26(42)39-20-9-4-17(2)5-10-20/h4-14,23-24,27-31H,3,15-16H2,1-2H3,(H,39,42)(H,40,46)/t23-,24-,27-,28?,29?,30?,31?/m1/s1. The molecule has 2 N–H and O–H groups in total. The minimum absolute atomic E-state index is 0.0245. The number of aryl methyl sites for hydroxylation is 1. The molecule has 256 valence electrons. The summed E-state index contributed by atoms with van der Waals surface area (Å²) in [7, 11) is 0. The van der Waals surface area contributed by atoms with Gasteiger partial charge in [-0.2, -0.15) is 0 Å². The topological polar surface area (TPSA) is 135 Å². The summed E-state index contributed by atoms with van der Waals surface area (Å²) in [6, 6.07) is 19.6. The van der Waals surface area contributed by atoms with Crippen LogP contribution in [-0.4, -0.2) is 47.1 Å². The van der Waals surface area contributed by atoms with E-state index in [1.165, 1.54) is 4.90 Å². The molecule has 3 heterocycles. The van der Waals surface area contributed by atoms with Crippen LogP contribution >= 0.6 is 39.0 Å². The zero-order valence-corrected chi connectivity index (χ0v) is 30.2. The van der Waals surface area contributed by atoms with Crippen LogP contribution in [0.5, 0.6) is 5.75 Å². The fourth-order valence-corrected chi connectivity index (χ4v) is 11.7. The first-order chi connectivity index (χ1) is 24.1. The summed E-state index contributed by atoms with van der Waals surface area (Å²) in [4.78, 5) is 71.3. The Morgan fingerprint density at radius 1 is 0.980 bits per heavy atom. The van der Waals surface area contributed by atoms with Crippen molar-refractivity contribution in [3.05, 3.63) is 102 Å². The Morgan fingerprint density at radius 3 is 2.42 bits per heavy atom. The number of fused-ring (bicyclic) bond motifs is 9. The summed E-state index contributed by atoms with van der Waals surface area (Å²) >= 11 is 6.39. The van der Waals surface area contributed by atoms with Gasteiger partial charge in [-0.3, -0.25) is 24.1 Å². The van der Waals surface area contributed by atoms with E-state index in [4.69, 9.17) is 9.47 Å². The van der Waals surface area contributed by atoms with E-state index >= 15 is 0 Å². The van der Waals surface area contributed by atoms with Gasteiger partial charge in [-0.1, -0.05) is 45.0 Å². The molecule has 3 aromatic carbocycles. The minimum Gasteiger partial charge on any atom is -0.483 e. The van der Waals surface area contributed by atoms with Crippen LogP contribution in [0.3, 0.4) is 0 Å². The lowest BCUT2D eigenvalue weighted by atomic mass is 9.68. The van der Waals surface area contributed by atoms with Gasteiger partial charge in [0.1, 0.15) is 5.75 Å². The molecule has 3 amide bonds. The highest BCUT2D eigenvalue weighted by molar-refractivity contribution is 9.10. The van der Waals surface area contributed by atoms with Gasteiger partial charge in [-0.05, 0) is 92.6 Å². The normalized spacial score (nSPS) is 26.0. The molecule has 4 aliphatic rings. The smallest absolute Gasteiger partial charge is 0.338 e. The molecule has 1 aromatic heterocycles. The number of aromatic nitrogens is 1. The Labute approximate surface area is 304 Å². The molecule has 50 heavy (non-hydrogen) atoms. The van der Waals surface area contributed by atoms with Crippen LogP contribution < -0.4 is 19.8 Å². The lowest BCUT2D eigenvalue weighted by Crippen LogP contribution is -2.42. The van der Waals surface area contributed by atoms with Crippen molar-refractivity contribution in [1.82, 2.24) is 4.98 Å². The molecule has 10 nitrogen and oxygen atoms in total. The van der Waals surface area contributed by atoms with Crippen molar-refractivity contribution in [2.75, 3.05) is 23.4 Å². The molecule has 2 aliphatic carbocycles. The van der Waals surface area contributed by atoms with Gasteiger partial charge in [0.2, 0.25) is 11.8 Å². The third kappa shape index (κ3) is 5.50. The number of carbonyl (C=O) groups is 4. The lowest BCUT2D eigenvalue weighted by molar-refractivity contribution is -0.123. The van der Waals surface area contributed by atoms with E-state index in [2.05, 4.69) is 26.2 Å². The number of esters is 1. The number of carbonyl (C=O) groups excluding carboxylic acids is 4. The molecule has 13 heteroatoms. The van der Waals surface area contributed by atoms with Gasteiger partial charge in [0.05, 0.1) is 34.7 Å². The Bertz CT molecular complexity index is 2100. The van der Waals surface area contributed by atoms with Crippen molar-refractivity contribution < 1.29 is 28.7 Å². The number of benzene rings is 3. The van der Waals surface area contributed by atoms with Crippen LogP contribution in [0.1, 0.15) is 45.6 Å². The second-order valence-corrected chi connectivity index (χ2v) is 16.2. The zero-order chi connectivity index (χ0) is 34.8. The number of nitrogens with zero attached hydrogens (tertiary/aromatic N) is 1. The number of thioether (sulfide) groups is 1. The van der Waals surface area contributed by atoms with E-state index in [9.17, 15) is 24.0 Å². The van der Waals surface area contributed by atoms with E-state index in [-0.39, 0.29) is 64.7 Å². The molecule has 7 atom stereocenters. The van der Waals surface area contributed by atoms with Gasteiger partial charge in [0.25, 0.3) is 5.91 Å². The molecule has 3 fully saturated rings. The van der Waals surface area contributed by atoms with E-state index < -0.39 is 17.8 Å². The van der Waals surface area contributed by atoms with Crippen LogP contribution in [0, 0.1) is 36.5 Å². The second-order valence-electron chi connectivity index (χ2n) is 13.1. The largest absolute Gasteiger partial charge is 0.483 e. The third-order valence-corrected chi connectivity index (χ3v) is 13.4. The summed E-state index contributed by atoms with van der Waals surface area (Å²) in [6.07, 6.45) is 0.726. The first-order valence-electron chi connectivity index (χ1n) is 16.5. The fraction of sp³-hybridized carbons (Fsp3) is 0.324. The number of H-pyrrole nitrogens is 1.